The van der Waals surface area contributed by atoms with Crippen molar-refractivity contribution < 1.29 is 0 Å². The summed E-state index contributed by atoms with van der Waals surface area (Å²) in [6.07, 6.45) is 9.84. The summed E-state index contributed by atoms with van der Waals surface area (Å²) < 4.78 is 0. The molecule has 1 heteroatoms. The van der Waals surface area contributed by atoms with Gasteiger partial charge < -0.3 is 5.32 Å². The lowest BCUT2D eigenvalue weighted by Gasteiger charge is -2.10. The van der Waals surface area contributed by atoms with E-state index < -0.39 is 0 Å². The van der Waals surface area contributed by atoms with Gasteiger partial charge >= 0.3 is 0 Å². The predicted molar refractivity (Wildman–Crippen MR) is 87.4 cm³/mol. The highest BCUT2D eigenvalue weighted by molar-refractivity contribution is 5.79. The lowest BCUT2D eigenvalue weighted by Crippen LogP contribution is -2.19. The molecule has 1 aromatic rings. The summed E-state index contributed by atoms with van der Waals surface area (Å²) >= 11 is 0. The summed E-state index contributed by atoms with van der Waals surface area (Å²) in [6, 6.07) is 4.48. The normalized spacial score (nSPS) is 13.9. The molecular weight excluding hydrogens is 242 g/mol. The van der Waals surface area contributed by atoms with Gasteiger partial charge in [0.1, 0.15) is 0 Å². The second-order valence-electron chi connectivity index (χ2n) is 6.03. The largest absolute Gasteiger partial charge is 0.362 e. The number of hydrogen-bond donors (Lipinski definition) is 1. The molecular formula is C19H24N+. The molecule has 1 aliphatic carbocycles. The van der Waals surface area contributed by atoms with Gasteiger partial charge in [-0.15, -0.1) is 0 Å². The highest BCUT2D eigenvalue weighted by Gasteiger charge is 2.18. The minimum Gasteiger partial charge on any atom is -0.362 e. The maximum atomic E-state index is 3.51. The molecule has 0 saturated carbocycles. The average molecular weight is 266 g/mol. The number of nitrogens with one attached hydrogen (secondary N) is 1. The van der Waals surface area contributed by atoms with Crippen molar-refractivity contribution in [1.29, 1.82) is 0 Å². The topological polar surface area (TPSA) is 12.0 Å². The molecule has 1 N–H and O–H groups in total. The Morgan fingerprint density at radius 3 is 2.35 bits per heavy atom. The van der Waals surface area contributed by atoms with Gasteiger partial charge in [0, 0.05) is 42.0 Å². The Morgan fingerprint density at radius 2 is 1.75 bits per heavy atom. The number of benzene rings is 1. The van der Waals surface area contributed by atoms with Gasteiger partial charge in [-0.3, -0.25) is 0 Å². The van der Waals surface area contributed by atoms with Crippen LogP contribution < -0.4 is 5.32 Å². The van der Waals surface area contributed by atoms with Crippen molar-refractivity contribution in [2.45, 2.75) is 34.6 Å². The van der Waals surface area contributed by atoms with E-state index in [1.807, 2.05) is 0 Å². The van der Waals surface area contributed by atoms with E-state index in [0.717, 1.165) is 12.2 Å². The zero-order chi connectivity index (χ0) is 14.7. The monoisotopic (exact) mass is 266 g/mol. The number of rotatable bonds is 4. The van der Waals surface area contributed by atoms with Crippen LogP contribution in [0.25, 0.3) is 5.57 Å². The quantitative estimate of drug-likeness (QED) is 0.791. The second-order valence-corrected chi connectivity index (χ2v) is 6.03. The first-order valence-electron chi connectivity index (χ1n) is 7.32. The van der Waals surface area contributed by atoms with Gasteiger partial charge in [-0.25, -0.2) is 0 Å². The van der Waals surface area contributed by atoms with Crippen molar-refractivity contribution in [3.8, 4) is 0 Å². The Bertz CT molecular complexity index is 563. The van der Waals surface area contributed by atoms with E-state index in [4.69, 9.17) is 0 Å². The lowest BCUT2D eigenvalue weighted by molar-refractivity contribution is 0.600. The molecule has 0 bridgehead atoms. The number of hydrogen-bond acceptors (Lipinski definition) is 1. The summed E-state index contributed by atoms with van der Waals surface area (Å²) in [5, 5.41) is 3.45. The molecule has 0 heterocycles. The Balaban J connectivity index is 2.30. The zero-order valence-corrected chi connectivity index (χ0v) is 13.2. The van der Waals surface area contributed by atoms with E-state index in [2.05, 4.69) is 76.4 Å². The third kappa shape index (κ3) is 3.37. The van der Waals surface area contributed by atoms with Crippen LogP contribution in [0.1, 0.15) is 36.1 Å². The minimum absolute atomic E-state index is 0.634. The van der Waals surface area contributed by atoms with Crippen LogP contribution in [0.15, 0.2) is 36.1 Å². The van der Waals surface area contributed by atoms with Crippen LogP contribution in [0, 0.1) is 32.8 Å². The third-order valence-electron chi connectivity index (χ3n) is 3.44. The molecule has 1 aromatic carbocycles. The van der Waals surface area contributed by atoms with E-state index in [0.29, 0.717) is 5.92 Å². The van der Waals surface area contributed by atoms with Crippen molar-refractivity contribution >= 4 is 5.57 Å². The van der Waals surface area contributed by atoms with Crippen molar-refractivity contribution in [1.82, 2.24) is 5.32 Å². The van der Waals surface area contributed by atoms with Gasteiger partial charge in [-0.05, 0) is 44.4 Å². The Kier molecular flexibility index (Phi) is 4.42. The first-order chi connectivity index (χ1) is 9.47. The summed E-state index contributed by atoms with van der Waals surface area (Å²) in [7, 11) is 0. The first kappa shape index (κ1) is 14.6. The van der Waals surface area contributed by atoms with E-state index in [1.54, 1.807) is 0 Å². The molecule has 2 rings (SSSR count). The molecule has 0 saturated heterocycles. The Morgan fingerprint density at radius 1 is 1.10 bits per heavy atom. The van der Waals surface area contributed by atoms with Crippen molar-refractivity contribution in [3.63, 3.8) is 0 Å². The van der Waals surface area contributed by atoms with Crippen LogP contribution in [-0.2, 0) is 0 Å². The number of aryl methyl sites for hydroxylation is 3. The highest BCUT2D eigenvalue weighted by Crippen LogP contribution is 2.27. The summed E-state index contributed by atoms with van der Waals surface area (Å²) in [5.74, 6) is 0.634. The summed E-state index contributed by atoms with van der Waals surface area (Å²) in [4.78, 5) is 0. The molecule has 104 valence electrons. The van der Waals surface area contributed by atoms with Gasteiger partial charge in [0.2, 0.25) is 0 Å². The summed E-state index contributed by atoms with van der Waals surface area (Å²) in [5.41, 5.74) is 7.52. The zero-order valence-electron chi connectivity index (χ0n) is 13.2. The molecule has 0 unspecified atom stereocenters. The molecule has 0 radical (unpaired) electrons. The predicted octanol–water partition coefficient (Wildman–Crippen LogP) is 4.50. The summed E-state index contributed by atoms with van der Waals surface area (Å²) in [6.45, 7) is 11.9. The SMILES string of the molecule is Cc1cc(C)c(C2=[C+]C(NCC(C)C)=CC=C2)c(C)c1. The van der Waals surface area contributed by atoms with Gasteiger partial charge in [0.25, 0.3) is 0 Å². The molecule has 0 aliphatic heterocycles. The number of allylic oxidation sites excluding steroid dienone is 5. The Hall–Kier alpha value is -1.85. The van der Waals surface area contributed by atoms with Gasteiger partial charge in [-0.1, -0.05) is 13.8 Å². The molecule has 1 nitrogen and oxygen atoms in total. The van der Waals surface area contributed by atoms with E-state index >= 15 is 0 Å². The molecule has 0 atom stereocenters. The van der Waals surface area contributed by atoms with Crippen LogP contribution in [0.5, 0.6) is 0 Å². The average Bonchev–Trinajstić information content (AvgIpc) is 2.35. The van der Waals surface area contributed by atoms with E-state index in [-0.39, 0.29) is 0 Å². The highest BCUT2D eigenvalue weighted by atomic mass is 14.9. The second kappa shape index (κ2) is 6.07. The minimum atomic E-state index is 0.634. The van der Waals surface area contributed by atoms with Crippen LogP contribution in [0.2, 0.25) is 0 Å². The van der Waals surface area contributed by atoms with E-state index in [1.165, 1.54) is 27.8 Å². The third-order valence-corrected chi connectivity index (χ3v) is 3.44. The molecule has 0 spiro atoms. The fourth-order valence-corrected chi connectivity index (χ4v) is 2.64. The van der Waals surface area contributed by atoms with Gasteiger partial charge in [-0.2, -0.15) is 0 Å². The first-order valence-corrected chi connectivity index (χ1v) is 7.32. The van der Waals surface area contributed by atoms with Crippen LogP contribution in [0.3, 0.4) is 0 Å². The fourth-order valence-electron chi connectivity index (χ4n) is 2.64. The molecule has 0 fully saturated rings. The van der Waals surface area contributed by atoms with Crippen molar-refractivity contribution in [2.75, 3.05) is 6.54 Å². The van der Waals surface area contributed by atoms with Crippen LogP contribution in [-0.4, -0.2) is 6.54 Å². The smallest absolute Gasteiger partial charge is 0.173 e. The lowest BCUT2D eigenvalue weighted by atomic mass is 9.91. The molecule has 0 amide bonds. The van der Waals surface area contributed by atoms with Crippen LogP contribution >= 0.6 is 0 Å². The maximum Gasteiger partial charge on any atom is 0.173 e. The standard InChI is InChI=1S/C19H24N/c1-13(2)12-20-18-8-6-7-17(11-18)19-15(4)9-14(3)10-16(19)5/h6-10,13,20H,12H2,1-5H3/q+1. The van der Waals surface area contributed by atoms with Crippen molar-refractivity contribution in [2.24, 2.45) is 5.92 Å². The fraction of sp³-hybridized carbons (Fsp3) is 0.368. The molecule has 0 aromatic heterocycles. The van der Waals surface area contributed by atoms with E-state index in [9.17, 15) is 0 Å². The van der Waals surface area contributed by atoms with Crippen molar-refractivity contribution in [3.05, 3.63) is 64.4 Å². The molecule has 20 heavy (non-hydrogen) atoms. The maximum absolute atomic E-state index is 3.51. The Labute approximate surface area is 123 Å². The molecule has 1 aliphatic rings. The van der Waals surface area contributed by atoms with Gasteiger partial charge in [0.05, 0.1) is 5.56 Å². The van der Waals surface area contributed by atoms with Crippen LogP contribution in [0.4, 0.5) is 0 Å². The van der Waals surface area contributed by atoms with Gasteiger partial charge in [0.15, 0.2) is 11.3 Å².